The normalized spacial score (nSPS) is 22.3. The zero-order chi connectivity index (χ0) is 21.5. The molecular formula is C22H19BrClNO4S. The monoisotopic (exact) mass is 507 g/mol. The molecule has 1 fully saturated rings. The van der Waals surface area contributed by atoms with Crippen molar-refractivity contribution in [3.8, 4) is 5.75 Å². The Morgan fingerprint density at radius 2 is 1.93 bits per heavy atom. The first kappa shape index (κ1) is 21.3. The number of carbonyl (C=O) groups excluding carboxylic acids is 2. The fourth-order valence-corrected chi connectivity index (χ4v) is 5.94. The van der Waals surface area contributed by atoms with Crippen LogP contribution in [-0.2, 0) is 20.9 Å². The van der Waals surface area contributed by atoms with Crippen molar-refractivity contribution in [1.29, 1.82) is 0 Å². The molecule has 4 rings (SSSR count). The number of fused-ring (bicyclic) bond motifs is 1. The van der Waals surface area contributed by atoms with E-state index in [-0.39, 0.29) is 23.6 Å². The van der Waals surface area contributed by atoms with Crippen LogP contribution in [0.1, 0.15) is 19.4 Å². The maximum absolute atomic E-state index is 13.2. The highest BCUT2D eigenvalue weighted by Gasteiger charge is 2.59. The van der Waals surface area contributed by atoms with Gasteiger partial charge in [0.15, 0.2) is 0 Å². The van der Waals surface area contributed by atoms with E-state index in [0.717, 1.165) is 5.56 Å². The van der Waals surface area contributed by atoms with Gasteiger partial charge in [-0.1, -0.05) is 48.0 Å². The van der Waals surface area contributed by atoms with Crippen LogP contribution in [0.5, 0.6) is 5.75 Å². The van der Waals surface area contributed by atoms with Gasteiger partial charge in [-0.2, -0.15) is 0 Å². The van der Waals surface area contributed by atoms with Gasteiger partial charge < -0.3 is 14.4 Å². The zero-order valence-corrected chi connectivity index (χ0v) is 19.5. The molecule has 1 saturated heterocycles. The van der Waals surface area contributed by atoms with Crippen LogP contribution in [0.4, 0.5) is 0 Å². The molecule has 8 heteroatoms. The van der Waals surface area contributed by atoms with Gasteiger partial charge in [-0.15, -0.1) is 11.8 Å². The van der Waals surface area contributed by atoms with Gasteiger partial charge >= 0.3 is 5.97 Å². The number of esters is 1. The Morgan fingerprint density at radius 1 is 1.20 bits per heavy atom. The lowest BCUT2D eigenvalue weighted by atomic mass is 10.0. The zero-order valence-electron chi connectivity index (χ0n) is 16.3. The smallest absolute Gasteiger partial charge is 0.330 e. The molecule has 2 aromatic rings. The molecule has 0 spiro atoms. The molecule has 1 amide bonds. The standard InChI is InChI=1S/C22H19BrClNO4S/c1-22(2)18(21(27)28-12-13-7-4-3-5-8-13)25-19(26)17(16(23)20(25)30-22)29-15-10-6-9-14(24)11-15/h3-11,18,20H,12H2,1-2H3/t18-,20+/m0/s1. The van der Waals surface area contributed by atoms with E-state index in [4.69, 9.17) is 21.1 Å². The summed E-state index contributed by atoms with van der Waals surface area (Å²) in [4.78, 5) is 27.8. The minimum Gasteiger partial charge on any atom is -0.459 e. The molecule has 30 heavy (non-hydrogen) atoms. The van der Waals surface area contributed by atoms with Crippen LogP contribution in [0.25, 0.3) is 0 Å². The minimum absolute atomic E-state index is 0.157. The molecular weight excluding hydrogens is 490 g/mol. The average Bonchev–Trinajstić information content (AvgIpc) is 3.11. The number of amides is 1. The van der Waals surface area contributed by atoms with Crippen LogP contribution < -0.4 is 4.74 Å². The van der Waals surface area contributed by atoms with Crippen molar-refractivity contribution in [3.63, 3.8) is 0 Å². The number of thioether (sulfide) groups is 1. The molecule has 2 aliphatic rings. The Balaban J connectivity index is 1.55. The summed E-state index contributed by atoms with van der Waals surface area (Å²) < 4.78 is 11.5. The Bertz CT molecular complexity index is 1030. The Morgan fingerprint density at radius 3 is 2.63 bits per heavy atom. The van der Waals surface area contributed by atoms with Gasteiger partial charge in [0, 0.05) is 9.77 Å². The second-order valence-electron chi connectivity index (χ2n) is 7.52. The van der Waals surface area contributed by atoms with Gasteiger partial charge in [0.2, 0.25) is 5.76 Å². The summed E-state index contributed by atoms with van der Waals surface area (Å²) in [6.07, 6.45) is 0. The number of halogens is 2. The number of benzene rings is 2. The Hall–Kier alpha value is -1.96. The third kappa shape index (κ3) is 3.98. The van der Waals surface area contributed by atoms with Crippen LogP contribution in [0.2, 0.25) is 5.02 Å². The molecule has 0 radical (unpaired) electrons. The number of carbonyl (C=O) groups is 2. The molecule has 156 valence electrons. The Kier molecular flexibility index (Phi) is 5.88. The van der Waals surface area contributed by atoms with Gasteiger partial charge in [0.1, 0.15) is 23.8 Å². The molecule has 2 aliphatic heterocycles. The van der Waals surface area contributed by atoms with Crippen molar-refractivity contribution >= 4 is 51.2 Å². The number of nitrogens with zero attached hydrogens (tertiary/aromatic N) is 1. The summed E-state index contributed by atoms with van der Waals surface area (Å²) in [5, 5.41) is 0.156. The summed E-state index contributed by atoms with van der Waals surface area (Å²) in [5.74, 6) is -0.175. The van der Waals surface area contributed by atoms with Crippen molar-refractivity contribution in [2.24, 2.45) is 0 Å². The molecule has 0 bridgehead atoms. The third-order valence-electron chi connectivity index (χ3n) is 4.93. The summed E-state index contributed by atoms with van der Waals surface area (Å²) in [7, 11) is 0. The second-order valence-corrected chi connectivity index (χ2v) is 10.5. The first-order valence-corrected chi connectivity index (χ1v) is 11.4. The minimum atomic E-state index is -0.739. The van der Waals surface area contributed by atoms with Crippen LogP contribution in [-0.4, -0.2) is 32.9 Å². The number of hydrogen-bond donors (Lipinski definition) is 0. The van der Waals surface area contributed by atoms with Crippen LogP contribution in [0.15, 0.2) is 64.8 Å². The van der Waals surface area contributed by atoms with E-state index in [1.165, 1.54) is 11.8 Å². The van der Waals surface area contributed by atoms with Gasteiger partial charge in [-0.3, -0.25) is 4.79 Å². The topological polar surface area (TPSA) is 55.8 Å². The second kappa shape index (κ2) is 8.29. The van der Waals surface area contributed by atoms with Crippen LogP contribution >= 0.6 is 39.3 Å². The van der Waals surface area contributed by atoms with Crippen molar-refractivity contribution in [1.82, 2.24) is 4.90 Å². The first-order chi connectivity index (χ1) is 14.3. The van der Waals surface area contributed by atoms with Crippen molar-refractivity contribution in [2.75, 3.05) is 0 Å². The quantitative estimate of drug-likeness (QED) is 0.524. The van der Waals surface area contributed by atoms with Crippen molar-refractivity contribution < 1.29 is 19.1 Å². The average molecular weight is 509 g/mol. The van der Waals surface area contributed by atoms with Crippen LogP contribution in [0, 0.1) is 0 Å². The van der Waals surface area contributed by atoms with Crippen LogP contribution in [0.3, 0.4) is 0 Å². The highest BCUT2D eigenvalue weighted by atomic mass is 79.9. The lowest BCUT2D eigenvalue weighted by Gasteiger charge is -2.28. The largest absolute Gasteiger partial charge is 0.459 e. The fourth-order valence-electron chi connectivity index (χ4n) is 3.55. The van der Waals surface area contributed by atoms with Gasteiger partial charge in [0.25, 0.3) is 5.91 Å². The molecule has 0 unspecified atom stereocenters. The van der Waals surface area contributed by atoms with E-state index < -0.39 is 16.8 Å². The van der Waals surface area contributed by atoms with E-state index in [0.29, 0.717) is 15.3 Å². The maximum atomic E-state index is 13.2. The lowest BCUT2D eigenvalue weighted by molar-refractivity contribution is -0.155. The Labute approximate surface area is 192 Å². The predicted octanol–water partition coefficient (Wildman–Crippen LogP) is 5.13. The summed E-state index contributed by atoms with van der Waals surface area (Å²) in [6.45, 7) is 4.04. The van der Waals surface area contributed by atoms with Gasteiger partial charge in [-0.25, -0.2) is 4.79 Å². The summed E-state index contributed by atoms with van der Waals surface area (Å²) in [6, 6.07) is 15.5. The van der Waals surface area contributed by atoms with E-state index in [9.17, 15) is 9.59 Å². The predicted molar refractivity (Wildman–Crippen MR) is 120 cm³/mol. The highest BCUT2D eigenvalue weighted by molar-refractivity contribution is 9.12. The first-order valence-electron chi connectivity index (χ1n) is 9.32. The number of ether oxygens (including phenoxy) is 2. The van der Waals surface area contributed by atoms with Crippen molar-refractivity contribution in [3.05, 3.63) is 75.4 Å². The number of hydrogen-bond acceptors (Lipinski definition) is 5. The molecule has 0 aromatic heterocycles. The molecule has 2 heterocycles. The molecule has 2 atom stereocenters. The maximum Gasteiger partial charge on any atom is 0.330 e. The molecule has 2 aromatic carbocycles. The lowest BCUT2D eigenvalue weighted by Crippen LogP contribution is -2.50. The fraction of sp³-hybridized carbons (Fsp3) is 0.273. The summed E-state index contributed by atoms with van der Waals surface area (Å²) in [5.41, 5.74) is 0.892. The SMILES string of the molecule is CC1(C)S[C@@H]2C(Br)=C(Oc3cccc(Cl)c3)C(=O)N2[C@H]1C(=O)OCc1ccccc1. The highest BCUT2D eigenvalue weighted by Crippen LogP contribution is 2.53. The third-order valence-corrected chi connectivity index (χ3v) is 7.78. The van der Waals surface area contributed by atoms with E-state index in [2.05, 4.69) is 15.9 Å². The van der Waals surface area contributed by atoms with Gasteiger partial charge in [0.05, 0.1) is 4.48 Å². The molecule has 0 aliphatic carbocycles. The molecule has 0 saturated carbocycles. The summed E-state index contributed by atoms with van der Waals surface area (Å²) >= 11 is 11.1. The van der Waals surface area contributed by atoms with E-state index in [1.807, 2.05) is 44.2 Å². The molecule has 0 N–H and O–H groups in total. The number of rotatable bonds is 5. The van der Waals surface area contributed by atoms with E-state index in [1.54, 1.807) is 29.2 Å². The van der Waals surface area contributed by atoms with E-state index >= 15 is 0 Å². The molecule has 5 nitrogen and oxygen atoms in total. The van der Waals surface area contributed by atoms with Gasteiger partial charge in [-0.05, 0) is 53.5 Å². The van der Waals surface area contributed by atoms with Crippen molar-refractivity contribution in [2.45, 2.75) is 36.6 Å².